The van der Waals surface area contributed by atoms with Crippen molar-refractivity contribution in [3.05, 3.63) is 30.4 Å². The van der Waals surface area contributed by atoms with Crippen LogP contribution in [0.25, 0.3) is 0 Å². The van der Waals surface area contributed by atoms with Gasteiger partial charge < -0.3 is 14.6 Å². The minimum absolute atomic E-state index is 0.0295. The van der Waals surface area contributed by atoms with Gasteiger partial charge in [-0.2, -0.15) is 4.98 Å². The molecule has 2 aromatic rings. The Morgan fingerprint density at radius 3 is 2.94 bits per heavy atom. The summed E-state index contributed by atoms with van der Waals surface area (Å²) >= 11 is 0. The number of aromatic nitrogens is 4. The molecule has 0 saturated heterocycles. The Hall–Kier alpha value is -2.11. The number of anilines is 1. The second kappa shape index (κ2) is 5.48. The predicted octanol–water partition coefficient (Wildman–Crippen LogP) is 1.78. The highest BCUT2D eigenvalue weighted by molar-refractivity contribution is 5.38. The first-order valence-electron chi connectivity index (χ1n) is 5.91. The molecule has 0 aromatic carbocycles. The fourth-order valence-corrected chi connectivity index (χ4v) is 1.69. The van der Waals surface area contributed by atoms with Gasteiger partial charge in [0.2, 0.25) is 5.88 Å². The van der Waals surface area contributed by atoms with Gasteiger partial charge in [-0.25, -0.2) is 0 Å². The van der Waals surface area contributed by atoms with Crippen molar-refractivity contribution in [2.24, 2.45) is 7.05 Å². The Labute approximate surface area is 106 Å². The monoisotopic (exact) mass is 247 g/mol. The van der Waals surface area contributed by atoms with Gasteiger partial charge in [-0.05, 0) is 19.9 Å². The lowest BCUT2D eigenvalue weighted by molar-refractivity contribution is 0.327. The lowest BCUT2D eigenvalue weighted by Gasteiger charge is -2.14. The van der Waals surface area contributed by atoms with E-state index in [0.717, 1.165) is 11.6 Å². The molecular weight excluding hydrogens is 230 g/mol. The van der Waals surface area contributed by atoms with Crippen molar-refractivity contribution < 1.29 is 4.74 Å². The van der Waals surface area contributed by atoms with Crippen molar-refractivity contribution in [3.63, 3.8) is 0 Å². The highest BCUT2D eigenvalue weighted by Crippen LogP contribution is 2.17. The zero-order chi connectivity index (χ0) is 13.0. The number of ether oxygens (including phenoxy) is 1. The van der Waals surface area contributed by atoms with Crippen LogP contribution in [0.5, 0.6) is 5.88 Å². The third-order valence-electron chi connectivity index (χ3n) is 2.51. The smallest absolute Gasteiger partial charge is 0.215 e. The van der Waals surface area contributed by atoms with Gasteiger partial charge >= 0.3 is 0 Å². The fraction of sp³-hybridized carbons (Fsp3) is 0.417. The number of pyridine rings is 1. The molecule has 0 radical (unpaired) electrons. The van der Waals surface area contributed by atoms with Crippen LogP contribution in [0, 0.1) is 0 Å². The summed E-state index contributed by atoms with van der Waals surface area (Å²) in [6, 6.07) is 5.67. The Balaban J connectivity index is 2.09. The molecule has 1 atom stereocenters. The van der Waals surface area contributed by atoms with Crippen molar-refractivity contribution in [3.8, 4) is 5.88 Å². The Bertz CT molecular complexity index is 511. The Morgan fingerprint density at radius 1 is 1.44 bits per heavy atom. The summed E-state index contributed by atoms with van der Waals surface area (Å²) in [6.07, 6.45) is 1.68. The van der Waals surface area contributed by atoms with E-state index in [9.17, 15) is 0 Å². The standard InChI is InChI=1S/C12H17N5O/c1-4-18-11-7-5-6-10(15-11)14-9(2)12-16-13-8-17(12)3/h5-9H,4H2,1-3H3,(H,14,15). The van der Waals surface area contributed by atoms with E-state index in [1.807, 2.05) is 43.7 Å². The van der Waals surface area contributed by atoms with Crippen LogP contribution < -0.4 is 10.1 Å². The maximum atomic E-state index is 5.36. The van der Waals surface area contributed by atoms with Crippen LogP contribution in [0.1, 0.15) is 25.7 Å². The van der Waals surface area contributed by atoms with Gasteiger partial charge in [0.05, 0.1) is 12.6 Å². The lowest BCUT2D eigenvalue weighted by Crippen LogP contribution is -2.13. The quantitative estimate of drug-likeness (QED) is 0.872. The summed E-state index contributed by atoms with van der Waals surface area (Å²) in [5.41, 5.74) is 0. The summed E-state index contributed by atoms with van der Waals surface area (Å²) in [4.78, 5) is 4.35. The SMILES string of the molecule is CCOc1cccc(NC(C)c2nncn2C)n1. The number of hydrogen-bond donors (Lipinski definition) is 1. The highest BCUT2D eigenvalue weighted by atomic mass is 16.5. The molecule has 6 heteroatoms. The van der Waals surface area contributed by atoms with Crippen molar-refractivity contribution in [2.75, 3.05) is 11.9 Å². The third kappa shape index (κ3) is 2.77. The van der Waals surface area contributed by atoms with E-state index in [1.165, 1.54) is 0 Å². The molecule has 2 heterocycles. The molecule has 18 heavy (non-hydrogen) atoms. The number of rotatable bonds is 5. The number of nitrogens with zero attached hydrogens (tertiary/aromatic N) is 4. The second-order valence-electron chi connectivity index (χ2n) is 3.96. The van der Waals surface area contributed by atoms with Crippen LogP contribution in [0.4, 0.5) is 5.82 Å². The third-order valence-corrected chi connectivity index (χ3v) is 2.51. The van der Waals surface area contributed by atoms with E-state index in [0.29, 0.717) is 12.5 Å². The summed E-state index contributed by atoms with van der Waals surface area (Å²) in [7, 11) is 1.91. The second-order valence-corrected chi connectivity index (χ2v) is 3.96. The first kappa shape index (κ1) is 12.3. The largest absolute Gasteiger partial charge is 0.478 e. The number of hydrogen-bond acceptors (Lipinski definition) is 5. The van der Waals surface area contributed by atoms with E-state index in [2.05, 4.69) is 20.5 Å². The van der Waals surface area contributed by atoms with Crippen LogP contribution in [0.15, 0.2) is 24.5 Å². The van der Waals surface area contributed by atoms with Gasteiger partial charge in [0.15, 0.2) is 5.82 Å². The zero-order valence-electron chi connectivity index (χ0n) is 10.8. The van der Waals surface area contributed by atoms with Crippen LogP contribution in [-0.2, 0) is 7.05 Å². The van der Waals surface area contributed by atoms with Crippen LogP contribution in [0.3, 0.4) is 0 Å². The first-order valence-corrected chi connectivity index (χ1v) is 5.91. The van der Waals surface area contributed by atoms with Crippen molar-refractivity contribution in [1.29, 1.82) is 0 Å². The highest BCUT2D eigenvalue weighted by Gasteiger charge is 2.11. The van der Waals surface area contributed by atoms with Crippen molar-refractivity contribution in [2.45, 2.75) is 19.9 Å². The normalized spacial score (nSPS) is 12.2. The molecule has 0 fully saturated rings. The Kier molecular flexibility index (Phi) is 3.76. The minimum Gasteiger partial charge on any atom is -0.478 e. The van der Waals surface area contributed by atoms with Gasteiger partial charge in [0.25, 0.3) is 0 Å². The summed E-state index contributed by atoms with van der Waals surface area (Å²) in [6.45, 7) is 4.55. The maximum absolute atomic E-state index is 5.36. The topological polar surface area (TPSA) is 64.9 Å². The zero-order valence-corrected chi connectivity index (χ0v) is 10.8. The molecule has 1 unspecified atom stereocenters. The van der Waals surface area contributed by atoms with E-state index in [1.54, 1.807) is 6.33 Å². The van der Waals surface area contributed by atoms with Gasteiger partial charge in [0, 0.05) is 13.1 Å². The average molecular weight is 247 g/mol. The van der Waals surface area contributed by atoms with E-state index < -0.39 is 0 Å². The van der Waals surface area contributed by atoms with Crippen LogP contribution in [0.2, 0.25) is 0 Å². The fourth-order valence-electron chi connectivity index (χ4n) is 1.69. The molecule has 0 saturated carbocycles. The molecule has 2 aromatic heterocycles. The van der Waals surface area contributed by atoms with E-state index in [4.69, 9.17) is 4.74 Å². The Morgan fingerprint density at radius 2 is 2.28 bits per heavy atom. The molecule has 0 aliphatic rings. The summed E-state index contributed by atoms with van der Waals surface area (Å²) in [5.74, 6) is 2.24. The predicted molar refractivity (Wildman–Crippen MR) is 68.4 cm³/mol. The molecule has 0 aliphatic carbocycles. The lowest BCUT2D eigenvalue weighted by atomic mass is 10.3. The molecule has 0 spiro atoms. The van der Waals surface area contributed by atoms with Gasteiger partial charge in [-0.3, -0.25) is 0 Å². The molecule has 0 amide bonds. The minimum atomic E-state index is 0.0295. The molecular formula is C12H17N5O. The number of aryl methyl sites for hydroxylation is 1. The molecule has 0 aliphatic heterocycles. The molecule has 6 nitrogen and oxygen atoms in total. The van der Waals surface area contributed by atoms with Crippen LogP contribution >= 0.6 is 0 Å². The number of nitrogens with one attached hydrogen (secondary N) is 1. The van der Waals surface area contributed by atoms with Gasteiger partial charge in [-0.1, -0.05) is 6.07 Å². The van der Waals surface area contributed by atoms with Crippen molar-refractivity contribution in [1.82, 2.24) is 19.7 Å². The summed E-state index contributed by atoms with van der Waals surface area (Å²) in [5, 5.41) is 11.2. The molecule has 0 bridgehead atoms. The van der Waals surface area contributed by atoms with Gasteiger partial charge in [0.1, 0.15) is 12.1 Å². The van der Waals surface area contributed by atoms with Crippen molar-refractivity contribution >= 4 is 5.82 Å². The molecule has 1 N–H and O–H groups in total. The average Bonchev–Trinajstić information content (AvgIpc) is 2.76. The van der Waals surface area contributed by atoms with E-state index in [-0.39, 0.29) is 6.04 Å². The first-order chi connectivity index (χ1) is 8.70. The maximum Gasteiger partial charge on any atom is 0.215 e. The van der Waals surface area contributed by atoms with Gasteiger partial charge in [-0.15, -0.1) is 10.2 Å². The van der Waals surface area contributed by atoms with Crippen LogP contribution in [-0.4, -0.2) is 26.4 Å². The molecule has 2 rings (SSSR count). The summed E-state index contributed by atoms with van der Waals surface area (Å²) < 4.78 is 7.24. The molecule has 96 valence electrons. The van der Waals surface area contributed by atoms with E-state index >= 15 is 0 Å².